The molecule has 0 spiro atoms. The summed E-state index contributed by atoms with van der Waals surface area (Å²) in [4.78, 5) is 25.4. The van der Waals surface area contributed by atoms with Gasteiger partial charge < -0.3 is 5.11 Å². The van der Waals surface area contributed by atoms with Gasteiger partial charge in [0, 0.05) is 24.2 Å². The third kappa shape index (κ3) is 1.78. The fourth-order valence-corrected chi connectivity index (χ4v) is 6.83. The van der Waals surface area contributed by atoms with Crippen molar-refractivity contribution in [2.75, 3.05) is 0 Å². The van der Waals surface area contributed by atoms with E-state index in [2.05, 4.69) is 13.8 Å². The first-order valence-electron chi connectivity index (χ1n) is 9.10. The average Bonchev–Trinajstić information content (AvgIpc) is 2.75. The molecule has 0 amide bonds. The smallest absolute Gasteiger partial charge is 0.139 e. The van der Waals surface area contributed by atoms with Crippen LogP contribution >= 0.6 is 0 Å². The van der Waals surface area contributed by atoms with Gasteiger partial charge >= 0.3 is 0 Å². The van der Waals surface area contributed by atoms with Crippen LogP contribution in [0.2, 0.25) is 0 Å². The van der Waals surface area contributed by atoms with Crippen LogP contribution in [0.1, 0.15) is 65.2 Å². The van der Waals surface area contributed by atoms with Gasteiger partial charge in [0.2, 0.25) is 0 Å². The Kier molecular flexibility index (Phi) is 3.15. The summed E-state index contributed by atoms with van der Waals surface area (Å²) in [6.45, 7) is 4.36. The van der Waals surface area contributed by atoms with Crippen LogP contribution < -0.4 is 0 Å². The zero-order valence-electron chi connectivity index (χ0n) is 13.8. The van der Waals surface area contributed by atoms with Crippen LogP contribution in [-0.4, -0.2) is 22.8 Å². The Morgan fingerprint density at radius 3 is 2.64 bits per heavy atom. The molecular formula is C19H28O3. The topological polar surface area (TPSA) is 54.4 Å². The predicted octanol–water partition coefficient (Wildman–Crippen LogP) is 3.14. The number of hydrogen-bond acceptors (Lipinski definition) is 3. The number of aliphatic hydroxyl groups is 1. The summed E-state index contributed by atoms with van der Waals surface area (Å²) < 4.78 is 0. The van der Waals surface area contributed by atoms with Crippen LogP contribution in [-0.2, 0) is 9.59 Å². The number of Topliss-reactive ketones (excluding diaryl/α,β-unsaturated/α-hetero) is 2. The third-order valence-corrected chi connectivity index (χ3v) is 8.04. The Morgan fingerprint density at radius 2 is 1.86 bits per heavy atom. The van der Waals surface area contributed by atoms with Gasteiger partial charge in [0.25, 0.3) is 0 Å². The van der Waals surface area contributed by atoms with E-state index in [9.17, 15) is 14.7 Å². The highest BCUT2D eigenvalue weighted by atomic mass is 16.3. The molecule has 0 saturated heterocycles. The summed E-state index contributed by atoms with van der Waals surface area (Å²) in [7, 11) is 0. The molecule has 3 nitrogen and oxygen atoms in total. The number of hydrogen-bond donors (Lipinski definition) is 1. The maximum absolute atomic E-state index is 13.0. The molecule has 4 fully saturated rings. The molecule has 7 atom stereocenters. The van der Waals surface area contributed by atoms with Crippen molar-refractivity contribution in [1.29, 1.82) is 0 Å². The molecule has 4 saturated carbocycles. The summed E-state index contributed by atoms with van der Waals surface area (Å²) in [5.41, 5.74) is -0.304. The largest absolute Gasteiger partial charge is 0.393 e. The first kappa shape index (κ1) is 14.9. The molecule has 122 valence electrons. The molecule has 0 heterocycles. The van der Waals surface area contributed by atoms with E-state index >= 15 is 0 Å². The number of fused-ring (bicyclic) bond motifs is 5. The molecular weight excluding hydrogens is 276 g/mol. The van der Waals surface area contributed by atoms with Gasteiger partial charge in [-0.25, -0.2) is 0 Å². The van der Waals surface area contributed by atoms with Crippen molar-refractivity contribution in [3.05, 3.63) is 0 Å². The number of rotatable bonds is 0. The number of aliphatic hydroxyl groups excluding tert-OH is 1. The van der Waals surface area contributed by atoms with Crippen molar-refractivity contribution >= 4 is 11.6 Å². The standard InChI is InChI=1S/C19H28O3/c1-18-8-7-12(20)9-11(18)3-4-13-14-5-6-16(22)19(14,2)10-15(21)17(13)18/h11-14,17,20H,3-10H2,1-2H3/t11-,12+,13?,14?,17?,18?,19?/m0/s1. The zero-order valence-corrected chi connectivity index (χ0v) is 13.8. The molecule has 1 N–H and O–H groups in total. The fraction of sp³-hybridized carbons (Fsp3) is 0.895. The SMILES string of the molecule is CC12CC(=O)C3C(CC[C@H]4C[C@H](O)CCC34C)C1CCC2=O. The van der Waals surface area contributed by atoms with Crippen LogP contribution in [0.25, 0.3) is 0 Å². The second kappa shape index (κ2) is 4.66. The van der Waals surface area contributed by atoms with Crippen molar-refractivity contribution in [2.24, 2.45) is 34.5 Å². The van der Waals surface area contributed by atoms with E-state index in [1.807, 2.05) is 0 Å². The Balaban J connectivity index is 1.71. The van der Waals surface area contributed by atoms with E-state index in [-0.39, 0.29) is 22.9 Å². The molecule has 0 aromatic rings. The van der Waals surface area contributed by atoms with Crippen LogP contribution in [0.15, 0.2) is 0 Å². The highest BCUT2D eigenvalue weighted by molar-refractivity contribution is 5.95. The number of carbonyl (C=O) groups excluding carboxylic acids is 2. The molecule has 3 heteroatoms. The summed E-state index contributed by atoms with van der Waals surface area (Å²) in [5.74, 6) is 2.14. The zero-order chi connectivity index (χ0) is 15.7. The Labute approximate surface area is 132 Å². The quantitative estimate of drug-likeness (QED) is 0.748. The van der Waals surface area contributed by atoms with E-state index in [1.165, 1.54) is 0 Å². The highest BCUT2D eigenvalue weighted by Gasteiger charge is 2.63. The van der Waals surface area contributed by atoms with E-state index < -0.39 is 0 Å². The van der Waals surface area contributed by atoms with Crippen LogP contribution in [0.4, 0.5) is 0 Å². The lowest BCUT2D eigenvalue weighted by Crippen LogP contribution is -2.57. The van der Waals surface area contributed by atoms with E-state index in [4.69, 9.17) is 0 Å². The van der Waals surface area contributed by atoms with Gasteiger partial charge in [0.15, 0.2) is 0 Å². The number of carbonyl (C=O) groups is 2. The van der Waals surface area contributed by atoms with E-state index in [1.54, 1.807) is 0 Å². The van der Waals surface area contributed by atoms with Gasteiger partial charge in [-0.1, -0.05) is 13.8 Å². The molecule has 0 bridgehead atoms. The maximum atomic E-state index is 13.0. The number of ketones is 2. The van der Waals surface area contributed by atoms with Crippen molar-refractivity contribution in [3.8, 4) is 0 Å². The minimum atomic E-state index is -0.365. The maximum Gasteiger partial charge on any atom is 0.139 e. The predicted molar refractivity (Wildman–Crippen MR) is 83.1 cm³/mol. The van der Waals surface area contributed by atoms with Crippen LogP contribution in [0, 0.1) is 34.5 Å². The first-order valence-corrected chi connectivity index (χ1v) is 9.10. The third-order valence-electron chi connectivity index (χ3n) is 8.04. The summed E-state index contributed by atoms with van der Waals surface area (Å²) in [6, 6.07) is 0. The van der Waals surface area contributed by atoms with E-state index in [0.29, 0.717) is 42.2 Å². The lowest BCUT2D eigenvalue weighted by molar-refractivity contribution is -0.162. The lowest BCUT2D eigenvalue weighted by atomic mass is 9.45. The van der Waals surface area contributed by atoms with Crippen molar-refractivity contribution in [3.63, 3.8) is 0 Å². The molecule has 5 unspecified atom stereocenters. The lowest BCUT2D eigenvalue weighted by Gasteiger charge is -2.58. The molecule has 4 aliphatic carbocycles. The summed E-state index contributed by atoms with van der Waals surface area (Å²) >= 11 is 0. The van der Waals surface area contributed by atoms with Crippen LogP contribution in [0.3, 0.4) is 0 Å². The Hall–Kier alpha value is -0.700. The van der Waals surface area contributed by atoms with Crippen molar-refractivity contribution in [2.45, 2.75) is 71.3 Å². The van der Waals surface area contributed by atoms with Crippen molar-refractivity contribution in [1.82, 2.24) is 0 Å². The minimum absolute atomic E-state index is 0.0617. The van der Waals surface area contributed by atoms with Crippen LogP contribution in [0.5, 0.6) is 0 Å². The normalized spacial score (nSPS) is 54.6. The van der Waals surface area contributed by atoms with Gasteiger partial charge in [-0.3, -0.25) is 9.59 Å². The molecule has 0 aliphatic heterocycles. The highest BCUT2D eigenvalue weighted by Crippen LogP contribution is 2.64. The van der Waals surface area contributed by atoms with Crippen molar-refractivity contribution < 1.29 is 14.7 Å². The van der Waals surface area contributed by atoms with Gasteiger partial charge in [0.1, 0.15) is 11.6 Å². The minimum Gasteiger partial charge on any atom is -0.393 e. The van der Waals surface area contributed by atoms with Gasteiger partial charge in [0.05, 0.1) is 6.10 Å². The average molecular weight is 304 g/mol. The molecule has 0 radical (unpaired) electrons. The van der Waals surface area contributed by atoms with Gasteiger partial charge in [-0.05, 0) is 61.7 Å². The molecule has 4 aliphatic rings. The second-order valence-corrected chi connectivity index (χ2v) is 8.98. The fourth-order valence-electron chi connectivity index (χ4n) is 6.83. The second-order valence-electron chi connectivity index (χ2n) is 8.98. The van der Waals surface area contributed by atoms with E-state index in [0.717, 1.165) is 38.5 Å². The summed E-state index contributed by atoms with van der Waals surface area (Å²) in [6.07, 6.45) is 6.86. The Bertz CT molecular complexity index is 527. The molecule has 22 heavy (non-hydrogen) atoms. The molecule has 4 rings (SSSR count). The van der Waals surface area contributed by atoms with Gasteiger partial charge in [-0.2, -0.15) is 0 Å². The molecule has 0 aromatic heterocycles. The van der Waals surface area contributed by atoms with Gasteiger partial charge in [-0.15, -0.1) is 0 Å². The monoisotopic (exact) mass is 304 g/mol. The Morgan fingerprint density at radius 1 is 1.09 bits per heavy atom. The summed E-state index contributed by atoms with van der Waals surface area (Å²) in [5, 5.41) is 10.0. The first-order chi connectivity index (χ1) is 10.4. The molecule has 0 aromatic carbocycles.